The number of nitrogens with zero attached hydrogens (tertiary/aromatic N) is 1. The number of methoxy groups -OCH3 is 1. The summed E-state index contributed by atoms with van der Waals surface area (Å²) >= 11 is 7.51. The fourth-order valence-electron chi connectivity index (χ4n) is 9.07. The van der Waals surface area contributed by atoms with E-state index in [1.54, 1.807) is 31.4 Å². The largest absolute Gasteiger partial charge is 0.497 e. The van der Waals surface area contributed by atoms with Crippen molar-refractivity contribution in [2.45, 2.75) is 56.4 Å². The normalized spacial score (nSPS) is 31.3. The number of carbonyl (C=O) groups excluding carboxylic acids is 4. The standard InChI is InChI=1S/C37H36ClNO7S/c1-35-12-10-22(40)14-20(35)4-7-24-27-11-13-37(44,36(27,2)17-30(41)33(24)35)31(42)18-46-32(43)19-47-34-25-8-5-21(38)15-29(25)39-28-9-6-23(45-3)16-26(28)34/h5-6,8-10,12,14-16,24,27,33,44H,4,7,11,13,17-19H2,1-3H3/t24-,27-,33+,35-,36-,37+/m0/s1. The van der Waals surface area contributed by atoms with Crippen LogP contribution in [0.15, 0.2) is 65.1 Å². The molecule has 3 aromatic rings. The Labute approximate surface area is 281 Å². The maximum absolute atomic E-state index is 13.9. The van der Waals surface area contributed by atoms with Crippen LogP contribution in [0, 0.1) is 28.6 Å². The highest BCUT2D eigenvalue weighted by molar-refractivity contribution is 8.00. The van der Waals surface area contributed by atoms with Gasteiger partial charge < -0.3 is 14.6 Å². The number of halogens is 1. The molecular weight excluding hydrogens is 638 g/mol. The predicted octanol–water partition coefficient (Wildman–Crippen LogP) is 6.47. The van der Waals surface area contributed by atoms with E-state index in [0.717, 1.165) is 27.7 Å². The van der Waals surface area contributed by atoms with Gasteiger partial charge in [0.05, 0.1) is 23.9 Å². The maximum atomic E-state index is 13.9. The molecular formula is C37H36ClNO7S. The topological polar surface area (TPSA) is 120 Å². The molecule has 6 atom stereocenters. The van der Waals surface area contributed by atoms with Crippen LogP contribution in [0.2, 0.25) is 5.02 Å². The molecule has 244 valence electrons. The molecule has 1 N–H and O–H groups in total. The zero-order valence-electron chi connectivity index (χ0n) is 26.5. The number of ether oxygens (including phenoxy) is 2. The van der Waals surface area contributed by atoms with E-state index >= 15 is 0 Å². The Morgan fingerprint density at radius 1 is 1.09 bits per heavy atom. The lowest BCUT2D eigenvalue weighted by Gasteiger charge is -2.56. The number of benzene rings is 2. The van der Waals surface area contributed by atoms with Gasteiger partial charge in [0.1, 0.15) is 17.1 Å². The lowest BCUT2D eigenvalue weighted by molar-refractivity contribution is -0.172. The molecule has 0 spiro atoms. The smallest absolute Gasteiger partial charge is 0.316 e. The van der Waals surface area contributed by atoms with E-state index in [9.17, 15) is 24.3 Å². The number of aromatic nitrogens is 1. The van der Waals surface area contributed by atoms with Gasteiger partial charge in [-0.05, 0) is 80.0 Å². The van der Waals surface area contributed by atoms with Crippen LogP contribution < -0.4 is 4.74 Å². The zero-order chi connectivity index (χ0) is 33.3. The van der Waals surface area contributed by atoms with Gasteiger partial charge in [-0.15, -0.1) is 11.8 Å². The minimum atomic E-state index is -1.78. The number of ketones is 3. The van der Waals surface area contributed by atoms with Crippen molar-refractivity contribution >= 4 is 68.5 Å². The average molecular weight is 674 g/mol. The summed E-state index contributed by atoms with van der Waals surface area (Å²) in [5.74, 6) is -0.995. The summed E-state index contributed by atoms with van der Waals surface area (Å²) in [7, 11) is 1.58. The number of carbonyl (C=O) groups is 4. The van der Waals surface area contributed by atoms with Gasteiger partial charge in [-0.2, -0.15) is 0 Å². The first-order chi connectivity index (χ1) is 22.4. The lowest BCUT2D eigenvalue weighted by atomic mass is 9.46. The Morgan fingerprint density at radius 3 is 2.68 bits per heavy atom. The molecule has 0 saturated heterocycles. The fraction of sp³-hybridized carbons (Fsp3) is 0.432. The lowest BCUT2D eigenvalue weighted by Crippen LogP contribution is -2.60. The first kappa shape index (κ1) is 32.0. The third-order valence-electron chi connectivity index (χ3n) is 11.5. The Hall–Kier alpha value is -3.53. The summed E-state index contributed by atoms with van der Waals surface area (Å²) in [4.78, 5) is 58.3. The van der Waals surface area contributed by atoms with Gasteiger partial charge >= 0.3 is 5.97 Å². The molecule has 47 heavy (non-hydrogen) atoms. The van der Waals surface area contributed by atoms with Crippen LogP contribution in [-0.4, -0.2) is 58.5 Å². The van der Waals surface area contributed by atoms with E-state index < -0.39 is 34.8 Å². The molecule has 8 nitrogen and oxygen atoms in total. The van der Waals surface area contributed by atoms with Crippen molar-refractivity contribution in [1.29, 1.82) is 0 Å². The Morgan fingerprint density at radius 2 is 1.89 bits per heavy atom. The van der Waals surface area contributed by atoms with E-state index in [-0.39, 0.29) is 47.9 Å². The minimum absolute atomic E-state index is 0.0112. The minimum Gasteiger partial charge on any atom is -0.497 e. The summed E-state index contributed by atoms with van der Waals surface area (Å²) in [6, 6.07) is 10.9. The summed E-state index contributed by atoms with van der Waals surface area (Å²) in [6.45, 7) is 3.31. The summed E-state index contributed by atoms with van der Waals surface area (Å²) in [5.41, 5.74) is -0.888. The number of aliphatic hydroxyl groups is 1. The highest BCUT2D eigenvalue weighted by Gasteiger charge is 2.68. The molecule has 3 saturated carbocycles. The number of rotatable bonds is 7. The second kappa shape index (κ2) is 11.6. The van der Waals surface area contributed by atoms with Crippen LogP contribution in [0.25, 0.3) is 21.8 Å². The van der Waals surface area contributed by atoms with Crippen molar-refractivity contribution in [3.05, 3.63) is 65.2 Å². The number of allylic oxidation sites excluding steroid dienone is 4. The van der Waals surface area contributed by atoms with E-state index in [1.165, 1.54) is 11.8 Å². The number of fused-ring (bicyclic) bond motifs is 7. The Balaban J connectivity index is 1.06. The fourth-order valence-corrected chi connectivity index (χ4v) is 10.2. The molecule has 0 radical (unpaired) electrons. The van der Waals surface area contributed by atoms with Gasteiger partial charge in [0.25, 0.3) is 0 Å². The van der Waals surface area contributed by atoms with Crippen LogP contribution in [0.4, 0.5) is 0 Å². The van der Waals surface area contributed by atoms with Gasteiger partial charge in [-0.1, -0.05) is 43.2 Å². The van der Waals surface area contributed by atoms with Gasteiger partial charge in [0, 0.05) is 43.9 Å². The van der Waals surface area contributed by atoms with E-state index in [0.29, 0.717) is 34.6 Å². The quantitative estimate of drug-likeness (QED) is 0.171. The van der Waals surface area contributed by atoms with E-state index in [2.05, 4.69) is 0 Å². The first-order valence-electron chi connectivity index (χ1n) is 16.0. The number of Topliss-reactive ketones (excluding diaryl/α,β-unsaturated/α-hetero) is 2. The first-order valence-corrected chi connectivity index (χ1v) is 17.3. The highest BCUT2D eigenvalue weighted by Crippen LogP contribution is 2.66. The molecule has 0 unspecified atom stereocenters. The molecule has 7 rings (SSSR count). The third kappa shape index (κ3) is 5.04. The molecule has 4 aliphatic rings. The van der Waals surface area contributed by atoms with Crippen molar-refractivity contribution < 1.29 is 33.8 Å². The summed E-state index contributed by atoms with van der Waals surface area (Å²) < 4.78 is 10.9. The molecule has 2 aromatic carbocycles. The van der Waals surface area contributed by atoms with Crippen LogP contribution in [0.3, 0.4) is 0 Å². The van der Waals surface area contributed by atoms with Gasteiger partial charge in [-0.3, -0.25) is 19.2 Å². The van der Waals surface area contributed by atoms with Crippen LogP contribution in [0.1, 0.15) is 46.0 Å². The van der Waals surface area contributed by atoms with Crippen molar-refractivity contribution in [3.63, 3.8) is 0 Å². The average Bonchev–Trinajstić information content (AvgIpc) is 3.32. The third-order valence-corrected chi connectivity index (χ3v) is 12.8. The monoisotopic (exact) mass is 673 g/mol. The molecule has 0 bridgehead atoms. The highest BCUT2D eigenvalue weighted by atomic mass is 35.5. The molecule has 1 aromatic heterocycles. The molecule has 3 fully saturated rings. The number of hydrogen-bond donors (Lipinski definition) is 1. The van der Waals surface area contributed by atoms with Crippen molar-refractivity contribution in [1.82, 2.24) is 4.98 Å². The summed E-state index contributed by atoms with van der Waals surface area (Å²) in [5, 5.41) is 14.2. The van der Waals surface area contributed by atoms with Gasteiger partial charge in [0.15, 0.2) is 12.4 Å². The van der Waals surface area contributed by atoms with Gasteiger partial charge in [0.2, 0.25) is 5.78 Å². The molecule has 0 aliphatic heterocycles. The zero-order valence-corrected chi connectivity index (χ0v) is 28.1. The second-order valence-corrected chi connectivity index (χ2v) is 15.2. The van der Waals surface area contributed by atoms with Crippen LogP contribution in [-0.2, 0) is 23.9 Å². The summed E-state index contributed by atoms with van der Waals surface area (Å²) in [6.07, 6.45) is 7.42. The second-order valence-electron chi connectivity index (χ2n) is 13.8. The van der Waals surface area contributed by atoms with Crippen molar-refractivity contribution in [3.8, 4) is 5.75 Å². The number of thioether (sulfide) groups is 1. The number of hydrogen-bond acceptors (Lipinski definition) is 9. The predicted molar refractivity (Wildman–Crippen MR) is 179 cm³/mol. The van der Waals surface area contributed by atoms with E-state index in [1.807, 2.05) is 44.2 Å². The maximum Gasteiger partial charge on any atom is 0.316 e. The molecule has 0 amide bonds. The van der Waals surface area contributed by atoms with Crippen molar-refractivity contribution in [2.24, 2.45) is 28.6 Å². The number of pyridine rings is 1. The van der Waals surface area contributed by atoms with E-state index in [4.69, 9.17) is 26.1 Å². The van der Waals surface area contributed by atoms with Crippen LogP contribution >= 0.6 is 23.4 Å². The van der Waals surface area contributed by atoms with Crippen LogP contribution in [0.5, 0.6) is 5.75 Å². The SMILES string of the molecule is COc1ccc2nc3cc(Cl)ccc3c(SCC(=O)OCC(=O)[C@]3(O)CC[C@H]4[C@@H]5CCC6=CC(=O)C=C[C@]6(C)[C@H]5C(=O)C[C@@]43C)c2c1. The Kier molecular flexibility index (Phi) is 7.88. The Bertz CT molecular complexity index is 1940. The van der Waals surface area contributed by atoms with Gasteiger partial charge in [-0.25, -0.2) is 4.98 Å². The van der Waals surface area contributed by atoms with Crippen molar-refractivity contribution in [2.75, 3.05) is 19.5 Å². The molecule has 4 aliphatic carbocycles. The molecule has 1 heterocycles. The molecule has 10 heteroatoms. The number of esters is 1.